The third kappa shape index (κ3) is 9.06. The zero-order valence-electron chi connectivity index (χ0n) is 15.7. The minimum Gasteiger partial charge on any atom is -0.504 e. The number of aryl methyl sites for hydroxylation is 1. The normalized spacial score (nSPS) is 11.1. The number of allylic oxidation sites excluding steroid dienone is 3. The zero-order chi connectivity index (χ0) is 19.5. The third-order valence-corrected chi connectivity index (χ3v) is 3.79. The highest BCUT2D eigenvalue weighted by Crippen LogP contribution is 2.25. The molecule has 0 radical (unpaired) electrons. The summed E-state index contributed by atoms with van der Waals surface area (Å²) in [6.07, 6.45) is 6.68. The van der Waals surface area contributed by atoms with Crippen LogP contribution in [-0.4, -0.2) is 28.6 Å². The molecule has 0 bridgehead atoms. The highest BCUT2D eigenvalue weighted by atomic mass is 16.5. The van der Waals surface area contributed by atoms with Crippen molar-refractivity contribution in [3.05, 3.63) is 47.1 Å². The first kappa shape index (κ1) is 21.5. The molecule has 1 aromatic rings. The van der Waals surface area contributed by atoms with Gasteiger partial charge in [-0.25, -0.2) is 4.79 Å². The van der Waals surface area contributed by atoms with Crippen LogP contribution in [0.3, 0.4) is 0 Å². The topological polar surface area (TPSA) is 83.8 Å². The van der Waals surface area contributed by atoms with Crippen molar-refractivity contribution >= 4 is 11.8 Å². The number of phenolic OH excluding ortho intramolecular Hbond substituents is 2. The summed E-state index contributed by atoms with van der Waals surface area (Å²) in [4.78, 5) is 23.5. The molecular formula is C21H28O5. The Bertz CT molecular complexity index is 682. The Kier molecular flexibility index (Phi) is 9.20. The van der Waals surface area contributed by atoms with Crippen LogP contribution in [0.1, 0.15) is 52.0 Å². The van der Waals surface area contributed by atoms with Gasteiger partial charge in [0.15, 0.2) is 17.3 Å². The van der Waals surface area contributed by atoms with E-state index in [1.54, 1.807) is 6.07 Å². The van der Waals surface area contributed by atoms with Gasteiger partial charge in [0.05, 0.1) is 0 Å². The van der Waals surface area contributed by atoms with Gasteiger partial charge in [0.25, 0.3) is 0 Å². The number of esters is 1. The minimum absolute atomic E-state index is 0.142. The maximum absolute atomic E-state index is 11.8. The number of rotatable bonds is 10. The summed E-state index contributed by atoms with van der Waals surface area (Å²) < 4.78 is 4.99. The largest absolute Gasteiger partial charge is 0.504 e. The van der Waals surface area contributed by atoms with Crippen molar-refractivity contribution in [1.29, 1.82) is 0 Å². The number of carbonyl (C=O) groups excluding carboxylic acids is 2. The Balaban J connectivity index is 2.27. The molecule has 1 rings (SSSR count). The first-order chi connectivity index (χ1) is 12.3. The number of ketones is 1. The fraction of sp³-hybridized carbons (Fsp3) is 0.429. The lowest BCUT2D eigenvalue weighted by molar-refractivity contribution is -0.143. The van der Waals surface area contributed by atoms with Gasteiger partial charge in [-0.3, -0.25) is 4.79 Å². The highest BCUT2D eigenvalue weighted by molar-refractivity contribution is 5.86. The monoisotopic (exact) mass is 360 g/mol. The van der Waals surface area contributed by atoms with Gasteiger partial charge in [-0.2, -0.15) is 0 Å². The molecule has 0 amide bonds. The van der Waals surface area contributed by atoms with Crippen LogP contribution >= 0.6 is 0 Å². The van der Waals surface area contributed by atoms with Gasteiger partial charge in [0.1, 0.15) is 6.61 Å². The maximum Gasteiger partial charge on any atom is 0.331 e. The molecule has 0 aliphatic carbocycles. The van der Waals surface area contributed by atoms with E-state index in [1.807, 2.05) is 20.8 Å². The van der Waals surface area contributed by atoms with Crippen molar-refractivity contribution in [2.75, 3.05) is 6.61 Å². The average Bonchev–Trinajstić information content (AvgIpc) is 2.56. The second kappa shape index (κ2) is 11.1. The van der Waals surface area contributed by atoms with Gasteiger partial charge in [0.2, 0.25) is 0 Å². The number of hydrogen-bond acceptors (Lipinski definition) is 5. The third-order valence-electron chi connectivity index (χ3n) is 3.79. The maximum atomic E-state index is 11.8. The van der Waals surface area contributed by atoms with E-state index in [0.29, 0.717) is 12.8 Å². The molecule has 0 aromatic heterocycles. The number of Topliss-reactive ketones (excluding diaryl/α,β-unsaturated/α-hetero) is 1. The Hall–Kier alpha value is -2.56. The minimum atomic E-state index is -0.489. The van der Waals surface area contributed by atoms with E-state index in [4.69, 9.17) is 4.74 Å². The predicted molar refractivity (Wildman–Crippen MR) is 101 cm³/mol. The van der Waals surface area contributed by atoms with E-state index in [-0.39, 0.29) is 30.3 Å². The standard InChI is InChI=1S/C21H28O5/c1-15(2)6-4-7-16(3)12-21(25)26-14-18(22)9-5-8-17-10-11-19(23)20(24)13-17/h6,10-13,23-24H,4-5,7-9,14H2,1-3H3/b16-12+. The summed E-state index contributed by atoms with van der Waals surface area (Å²) in [5.74, 6) is -0.969. The summed E-state index contributed by atoms with van der Waals surface area (Å²) in [5, 5.41) is 18.7. The van der Waals surface area contributed by atoms with Crippen molar-refractivity contribution in [2.45, 2.75) is 52.9 Å². The van der Waals surface area contributed by atoms with E-state index < -0.39 is 5.97 Å². The summed E-state index contributed by atoms with van der Waals surface area (Å²) in [5.41, 5.74) is 3.00. The van der Waals surface area contributed by atoms with Gasteiger partial charge in [-0.1, -0.05) is 23.3 Å². The number of carbonyl (C=O) groups is 2. The molecule has 26 heavy (non-hydrogen) atoms. The lowest BCUT2D eigenvalue weighted by Gasteiger charge is -2.05. The molecule has 0 saturated heterocycles. The van der Waals surface area contributed by atoms with Crippen LogP contribution in [0.15, 0.2) is 41.5 Å². The van der Waals surface area contributed by atoms with Crippen molar-refractivity contribution in [1.82, 2.24) is 0 Å². The van der Waals surface area contributed by atoms with Gasteiger partial charge in [-0.15, -0.1) is 0 Å². The molecule has 0 fully saturated rings. The highest BCUT2D eigenvalue weighted by Gasteiger charge is 2.07. The first-order valence-corrected chi connectivity index (χ1v) is 8.77. The molecule has 0 saturated carbocycles. The summed E-state index contributed by atoms with van der Waals surface area (Å²) in [7, 11) is 0. The molecule has 1 aromatic carbocycles. The summed E-state index contributed by atoms with van der Waals surface area (Å²) in [6, 6.07) is 4.59. The first-order valence-electron chi connectivity index (χ1n) is 8.77. The van der Waals surface area contributed by atoms with Crippen molar-refractivity contribution in [2.24, 2.45) is 0 Å². The van der Waals surface area contributed by atoms with Crippen molar-refractivity contribution < 1.29 is 24.5 Å². The number of ether oxygens (including phenoxy) is 1. The van der Waals surface area contributed by atoms with Crippen LogP contribution in [0.25, 0.3) is 0 Å². The average molecular weight is 360 g/mol. The van der Waals surface area contributed by atoms with Gasteiger partial charge in [0, 0.05) is 12.5 Å². The smallest absolute Gasteiger partial charge is 0.331 e. The lowest BCUT2D eigenvalue weighted by atomic mass is 10.1. The van der Waals surface area contributed by atoms with Gasteiger partial charge < -0.3 is 14.9 Å². The van der Waals surface area contributed by atoms with E-state index in [1.165, 1.54) is 23.8 Å². The van der Waals surface area contributed by atoms with Crippen LogP contribution in [0, 0.1) is 0 Å². The molecule has 0 atom stereocenters. The Morgan fingerprint density at radius 3 is 2.46 bits per heavy atom. The zero-order valence-corrected chi connectivity index (χ0v) is 15.7. The van der Waals surface area contributed by atoms with E-state index >= 15 is 0 Å². The Morgan fingerprint density at radius 2 is 1.81 bits per heavy atom. The molecule has 2 N–H and O–H groups in total. The van der Waals surface area contributed by atoms with Crippen LogP contribution in [0.4, 0.5) is 0 Å². The second-order valence-corrected chi connectivity index (χ2v) is 6.63. The van der Waals surface area contributed by atoms with Crippen LogP contribution < -0.4 is 0 Å². The van der Waals surface area contributed by atoms with Crippen LogP contribution in [-0.2, 0) is 20.7 Å². The molecule has 5 nitrogen and oxygen atoms in total. The molecule has 0 heterocycles. The molecule has 0 unspecified atom stereocenters. The molecule has 0 aliphatic heterocycles. The van der Waals surface area contributed by atoms with Gasteiger partial charge in [-0.05, 0) is 64.2 Å². The molecule has 5 heteroatoms. The molecular weight excluding hydrogens is 332 g/mol. The number of phenols is 2. The van der Waals surface area contributed by atoms with Gasteiger partial charge >= 0.3 is 5.97 Å². The fourth-order valence-corrected chi connectivity index (χ4v) is 2.34. The molecule has 0 aliphatic rings. The number of benzene rings is 1. The molecule has 0 spiro atoms. The Morgan fingerprint density at radius 1 is 1.08 bits per heavy atom. The van der Waals surface area contributed by atoms with E-state index in [0.717, 1.165) is 24.0 Å². The van der Waals surface area contributed by atoms with Crippen molar-refractivity contribution in [3.63, 3.8) is 0 Å². The Labute approximate surface area is 155 Å². The summed E-state index contributed by atoms with van der Waals surface area (Å²) >= 11 is 0. The number of aromatic hydroxyl groups is 2. The van der Waals surface area contributed by atoms with E-state index in [2.05, 4.69) is 6.08 Å². The quantitative estimate of drug-likeness (QED) is 0.282. The predicted octanol–water partition coefficient (Wildman–Crippen LogP) is 4.23. The lowest BCUT2D eigenvalue weighted by Crippen LogP contribution is -2.12. The summed E-state index contributed by atoms with van der Waals surface area (Å²) in [6.45, 7) is 5.71. The second-order valence-electron chi connectivity index (χ2n) is 6.63. The number of hydrogen-bond donors (Lipinski definition) is 2. The van der Waals surface area contributed by atoms with E-state index in [9.17, 15) is 19.8 Å². The van der Waals surface area contributed by atoms with Crippen molar-refractivity contribution in [3.8, 4) is 11.5 Å². The SMILES string of the molecule is CC(C)=CCC/C(C)=C/C(=O)OCC(=O)CCCc1ccc(O)c(O)c1. The van der Waals surface area contributed by atoms with Crippen LogP contribution in [0.2, 0.25) is 0 Å². The fourth-order valence-electron chi connectivity index (χ4n) is 2.34. The molecule has 142 valence electrons. The van der Waals surface area contributed by atoms with Crippen LogP contribution in [0.5, 0.6) is 11.5 Å².